The van der Waals surface area contributed by atoms with Crippen molar-refractivity contribution >= 4 is 12.0 Å². The average molecular weight is 290 g/mol. The fourth-order valence-corrected chi connectivity index (χ4v) is 2.82. The van der Waals surface area contributed by atoms with Crippen LogP contribution in [0.15, 0.2) is 30.3 Å². The molecule has 0 spiro atoms. The smallest absolute Gasteiger partial charge is 0.320 e. The molecule has 0 saturated carbocycles. The Kier molecular flexibility index (Phi) is 4.50. The van der Waals surface area contributed by atoms with Gasteiger partial charge in [0.25, 0.3) is 0 Å². The zero-order valence-corrected chi connectivity index (χ0v) is 12.6. The predicted octanol–water partition coefficient (Wildman–Crippen LogP) is 2.43. The van der Waals surface area contributed by atoms with E-state index in [1.54, 1.807) is 16.8 Å². The SMILES string of the molecule is CCC1(C(=O)O)CCN(C(=O)N(C)Cc2ccccc2)C1. The second-order valence-corrected chi connectivity index (χ2v) is 5.73. The molecule has 0 radical (unpaired) electrons. The van der Waals surface area contributed by atoms with E-state index in [4.69, 9.17) is 0 Å². The van der Waals surface area contributed by atoms with Crippen molar-refractivity contribution < 1.29 is 14.7 Å². The first-order valence-corrected chi connectivity index (χ1v) is 7.26. The maximum Gasteiger partial charge on any atom is 0.320 e. The molecule has 114 valence electrons. The molecule has 2 rings (SSSR count). The molecule has 5 heteroatoms. The van der Waals surface area contributed by atoms with Crippen LogP contribution in [0.1, 0.15) is 25.3 Å². The number of carboxylic acids is 1. The Morgan fingerprint density at radius 3 is 2.52 bits per heavy atom. The van der Waals surface area contributed by atoms with Gasteiger partial charge in [-0.25, -0.2) is 4.79 Å². The summed E-state index contributed by atoms with van der Waals surface area (Å²) >= 11 is 0. The molecule has 1 aromatic rings. The van der Waals surface area contributed by atoms with Gasteiger partial charge in [-0.05, 0) is 18.4 Å². The Morgan fingerprint density at radius 2 is 2.00 bits per heavy atom. The van der Waals surface area contributed by atoms with E-state index in [2.05, 4.69) is 0 Å². The molecule has 5 nitrogen and oxygen atoms in total. The Morgan fingerprint density at radius 1 is 1.33 bits per heavy atom. The van der Waals surface area contributed by atoms with Crippen LogP contribution in [0.2, 0.25) is 0 Å². The Labute approximate surface area is 125 Å². The summed E-state index contributed by atoms with van der Waals surface area (Å²) in [4.78, 5) is 27.2. The number of likely N-dealkylation sites (tertiary alicyclic amines) is 1. The highest BCUT2D eigenvalue weighted by Gasteiger charge is 2.45. The van der Waals surface area contributed by atoms with Crippen molar-refractivity contribution in [3.63, 3.8) is 0 Å². The number of rotatable bonds is 4. The summed E-state index contributed by atoms with van der Waals surface area (Å²) in [6.07, 6.45) is 1.08. The number of hydrogen-bond acceptors (Lipinski definition) is 2. The van der Waals surface area contributed by atoms with E-state index in [9.17, 15) is 14.7 Å². The Bertz CT molecular complexity index is 518. The fraction of sp³-hybridized carbons (Fsp3) is 0.500. The van der Waals surface area contributed by atoms with E-state index >= 15 is 0 Å². The summed E-state index contributed by atoms with van der Waals surface area (Å²) in [5, 5.41) is 9.39. The van der Waals surface area contributed by atoms with Crippen molar-refractivity contribution in [1.29, 1.82) is 0 Å². The van der Waals surface area contributed by atoms with Crippen molar-refractivity contribution in [3.8, 4) is 0 Å². The summed E-state index contributed by atoms with van der Waals surface area (Å²) in [5.74, 6) is -0.800. The van der Waals surface area contributed by atoms with Gasteiger partial charge >= 0.3 is 12.0 Å². The second kappa shape index (κ2) is 6.16. The first-order valence-electron chi connectivity index (χ1n) is 7.26. The molecule has 1 N–H and O–H groups in total. The van der Waals surface area contributed by atoms with Crippen molar-refractivity contribution in [3.05, 3.63) is 35.9 Å². The van der Waals surface area contributed by atoms with Gasteiger partial charge in [0.05, 0.1) is 5.41 Å². The molecule has 21 heavy (non-hydrogen) atoms. The maximum atomic E-state index is 12.4. The number of benzene rings is 1. The number of aliphatic carboxylic acids is 1. The van der Waals surface area contributed by atoms with E-state index in [1.807, 2.05) is 37.3 Å². The number of amides is 2. The zero-order valence-electron chi connectivity index (χ0n) is 12.6. The van der Waals surface area contributed by atoms with Crippen LogP contribution >= 0.6 is 0 Å². The molecule has 2 amide bonds. The summed E-state index contributed by atoms with van der Waals surface area (Å²) in [7, 11) is 1.75. The van der Waals surface area contributed by atoms with Crippen LogP contribution in [0, 0.1) is 5.41 Å². The van der Waals surface area contributed by atoms with Gasteiger partial charge < -0.3 is 14.9 Å². The number of carbonyl (C=O) groups is 2. The molecule has 0 aromatic heterocycles. The monoisotopic (exact) mass is 290 g/mol. The largest absolute Gasteiger partial charge is 0.481 e. The third-order valence-corrected chi connectivity index (χ3v) is 4.34. The highest BCUT2D eigenvalue weighted by Crippen LogP contribution is 2.34. The van der Waals surface area contributed by atoms with Crippen LogP contribution in [0.4, 0.5) is 4.79 Å². The fourth-order valence-electron chi connectivity index (χ4n) is 2.82. The lowest BCUT2D eigenvalue weighted by Gasteiger charge is -2.27. The first kappa shape index (κ1) is 15.4. The van der Waals surface area contributed by atoms with Crippen LogP contribution < -0.4 is 0 Å². The number of hydrogen-bond donors (Lipinski definition) is 1. The zero-order chi connectivity index (χ0) is 15.5. The molecule has 1 aliphatic heterocycles. The maximum absolute atomic E-state index is 12.4. The normalized spacial score (nSPS) is 21.3. The van der Waals surface area contributed by atoms with E-state index < -0.39 is 11.4 Å². The van der Waals surface area contributed by atoms with Crippen molar-refractivity contribution in [2.45, 2.75) is 26.3 Å². The van der Waals surface area contributed by atoms with Gasteiger partial charge in [-0.1, -0.05) is 37.3 Å². The van der Waals surface area contributed by atoms with E-state index in [-0.39, 0.29) is 6.03 Å². The lowest BCUT2D eigenvalue weighted by Crippen LogP contribution is -2.42. The summed E-state index contributed by atoms with van der Waals surface area (Å²) in [6.45, 7) is 3.22. The van der Waals surface area contributed by atoms with Crippen molar-refractivity contribution in [2.24, 2.45) is 5.41 Å². The number of carbonyl (C=O) groups excluding carboxylic acids is 1. The minimum absolute atomic E-state index is 0.101. The van der Waals surface area contributed by atoms with Gasteiger partial charge in [0, 0.05) is 26.7 Å². The molecule has 1 heterocycles. The van der Waals surface area contributed by atoms with E-state index in [0.29, 0.717) is 32.5 Å². The molecular weight excluding hydrogens is 268 g/mol. The molecule has 1 fully saturated rings. The van der Waals surface area contributed by atoms with Crippen LogP contribution in [-0.4, -0.2) is 47.0 Å². The average Bonchev–Trinajstić information content (AvgIpc) is 2.93. The van der Waals surface area contributed by atoms with E-state index in [1.165, 1.54) is 0 Å². The molecule has 1 atom stereocenters. The van der Waals surface area contributed by atoms with Crippen molar-refractivity contribution in [1.82, 2.24) is 9.80 Å². The van der Waals surface area contributed by atoms with Gasteiger partial charge in [0.2, 0.25) is 0 Å². The number of nitrogens with zero attached hydrogens (tertiary/aromatic N) is 2. The van der Waals surface area contributed by atoms with Crippen molar-refractivity contribution in [2.75, 3.05) is 20.1 Å². The minimum Gasteiger partial charge on any atom is -0.481 e. The summed E-state index contributed by atoms with van der Waals surface area (Å²) < 4.78 is 0. The van der Waals surface area contributed by atoms with Crippen LogP contribution in [0.3, 0.4) is 0 Å². The van der Waals surface area contributed by atoms with Crippen LogP contribution in [-0.2, 0) is 11.3 Å². The second-order valence-electron chi connectivity index (χ2n) is 5.73. The highest BCUT2D eigenvalue weighted by molar-refractivity contribution is 5.79. The van der Waals surface area contributed by atoms with Gasteiger partial charge in [-0.15, -0.1) is 0 Å². The molecular formula is C16H22N2O3. The summed E-state index contributed by atoms with van der Waals surface area (Å²) in [5.41, 5.74) is 0.288. The Balaban J connectivity index is 1.99. The highest BCUT2D eigenvalue weighted by atomic mass is 16.4. The molecule has 1 saturated heterocycles. The Hall–Kier alpha value is -2.04. The molecule has 0 aliphatic carbocycles. The van der Waals surface area contributed by atoms with Crippen LogP contribution in [0.25, 0.3) is 0 Å². The standard InChI is InChI=1S/C16H22N2O3/c1-3-16(14(19)20)9-10-18(12-16)15(21)17(2)11-13-7-5-4-6-8-13/h4-8H,3,9-12H2,1-2H3,(H,19,20). The van der Waals surface area contributed by atoms with Gasteiger partial charge in [-0.2, -0.15) is 0 Å². The third-order valence-electron chi connectivity index (χ3n) is 4.34. The van der Waals surface area contributed by atoms with Crippen LogP contribution in [0.5, 0.6) is 0 Å². The third kappa shape index (κ3) is 3.17. The first-order chi connectivity index (χ1) is 9.98. The number of carboxylic acid groups (broad SMARTS) is 1. The minimum atomic E-state index is -0.800. The topological polar surface area (TPSA) is 60.9 Å². The van der Waals surface area contributed by atoms with Gasteiger partial charge in [0.1, 0.15) is 0 Å². The predicted molar refractivity (Wildman–Crippen MR) is 79.9 cm³/mol. The molecule has 1 aliphatic rings. The molecule has 1 aromatic carbocycles. The summed E-state index contributed by atoms with van der Waals surface area (Å²) in [6, 6.07) is 9.67. The molecule has 0 bridgehead atoms. The van der Waals surface area contributed by atoms with Gasteiger partial charge in [-0.3, -0.25) is 4.79 Å². The lowest BCUT2D eigenvalue weighted by molar-refractivity contribution is -0.148. The quantitative estimate of drug-likeness (QED) is 0.926. The lowest BCUT2D eigenvalue weighted by atomic mass is 9.84. The van der Waals surface area contributed by atoms with E-state index in [0.717, 1.165) is 5.56 Å². The molecule has 1 unspecified atom stereocenters. The number of urea groups is 1. The van der Waals surface area contributed by atoms with Gasteiger partial charge in [0.15, 0.2) is 0 Å².